The summed E-state index contributed by atoms with van der Waals surface area (Å²) in [5.41, 5.74) is 7.60. The minimum atomic E-state index is -3.74. The molecule has 11 heteroatoms. The Morgan fingerprint density at radius 3 is 2.57 bits per heavy atom. The van der Waals surface area contributed by atoms with E-state index >= 15 is 0 Å². The molecule has 8 nitrogen and oxygen atoms in total. The molecule has 0 aliphatic carbocycles. The number of nitro groups is 1. The van der Waals surface area contributed by atoms with Gasteiger partial charge in [-0.15, -0.1) is 0 Å². The predicted octanol–water partition coefficient (Wildman–Crippen LogP) is 3.25. The maximum absolute atomic E-state index is 12.5. The molecule has 3 rings (SSSR count). The highest BCUT2D eigenvalue weighted by molar-refractivity contribution is 9.11. The molecule has 1 saturated heterocycles. The van der Waals surface area contributed by atoms with Crippen molar-refractivity contribution in [2.24, 2.45) is 0 Å². The lowest BCUT2D eigenvalue weighted by Gasteiger charge is -2.18. The van der Waals surface area contributed by atoms with Crippen molar-refractivity contribution in [2.75, 3.05) is 18.8 Å². The number of nitrogens with two attached hydrogens (primary N) is 1. The van der Waals surface area contributed by atoms with Crippen LogP contribution in [0.4, 0.5) is 11.4 Å². The lowest BCUT2D eigenvalue weighted by Crippen LogP contribution is -2.37. The van der Waals surface area contributed by atoms with Crippen molar-refractivity contribution in [3.63, 3.8) is 0 Å². The number of hydrogen-bond donors (Lipinski definition) is 2. The summed E-state index contributed by atoms with van der Waals surface area (Å²) in [6.45, 7) is 1.90. The molecule has 0 bridgehead atoms. The smallest absolute Gasteiger partial charge is 0.269 e. The van der Waals surface area contributed by atoms with E-state index in [1.165, 1.54) is 24.3 Å². The van der Waals surface area contributed by atoms with Crippen molar-refractivity contribution in [1.29, 1.82) is 0 Å². The molecule has 1 aliphatic rings. The van der Waals surface area contributed by atoms with Gasteiger partial charge in [0, 0.05) is 46.8 Å². The summed E-state index contributed by atoms with van der Waals surface area (Å²) in [6, 6.07) is 8.45. The molecule has 0 radical (unpaired) electrons. The number of non-ortho nitro benzene ring substituents is 1. The van der Waals surface area contributed by atoms with Crippen molar-refractivity contribution < 1.29 is 13.3 Å². The van der Waals surface area contributed by atoms with E-state index < -0.39 is 14.9 Å². The van der Waals surface area contributed by atoms with E-state index in [1.54, 1.807) is 0 Å². The highest BCUT2D eigenvalue weighted by Gasteiger charge is 2.28. The molecule has 0 aromatic heterocycles. The quantitative estimate of drug-likeness (QED) is 0.334. The maximum atomic E-state index is 12.5. The van der Waals surface area contributed by atoms with E-state index in [2.05, 4.69) is 41.5 Å². The number of hydrogen-bond acceptors (Lipinski definition) is 6. The number of likely N-dealkylation sites (tertiary alicyclic amines) is 1. The van der Waals surface area contributed by atoms with Crippen LogP contribution in [0.3, 0.4) is 0 Å². The van der Waals surface area contributed by atoms with Crippen molar-refractivity contribution in [3.8, 4) is 0 Å². The van der Waals surface area contributed by atoms with Gasteiger partial charge in [0.25, 0.3) is 5.69 Å². The molecule has 1 aliphatic heterocycles. The van der Waals surface area contributed by atoms with Crippen molar-refractivity contribution in [3.05, 3.63) is 61.0 Å². The molecule has 0 spiro atoms. The summed E-state index contributed by atoms with van der Waals surface area (Å²) in [5.74, 6) is 0. The first-order valence-corrected chi connectivity index (χ1v) is 11.4. The molecule has 0 amide bonds. The van der Waals surface area contributed by atoms with E-state index in [1.807, 2.05) is 12.1 Å². The van der Waals surface area contributed by atoms with Gasteiger partial charge in [0.05, 0.1) is 15.5 Å². The highest BCUT2D eigenvalue weighted by Crippen LogP contribution is 2.30. The molecule has 3 N–H and O–H groups in total. The summed E-state index contributed by atoms with van der Waals surface area (Å²) in [4.78, 5) is 12.3. The van der Waals surface area contributed by atoms with Gasteiger partial charge in [-0.2, -0.15) is 0 Å². The second kappa shape index (κ2) is 8.46. The van der Waals surface area contributed by atoms with Crippen molar-refractivity contribution in [1.82, 2.24) is 9.62 Å². The van der Waals surface area contributed by atoms with Crippen LogP contribution in [-0.4, -0.2) is 37.4 Å². The fourth-order valence-electron chi connectivity index (χ4n) is 3.12. The summed E-state index contributed by atoms with van der Waals surface area (Å²) < 4.78 is 29.5. The first-order chi connectivity index (χ1) is 13.2. The SMILES string of the molecule is Nc1c(Br)cc(Br)cc1CN1CC[C@@H](NS(=O)(=O)c2ccc([N+](=O)[O-])cc2)C1. The predicted molar refractivity (Wildman–Crippen MR) is 113 cm³/mol. The molecule has 0 unspecified atom stereocenters. The number of benzene rings is 2. The van der Waals surface area contributed by atoms with Crippen molar-refractivity contribution >= 4 is 53.3 Å². The van der Waals surface area contributed by atoms with E-state index in [0.29, 0.717) is 25.2 Å². The Bertz CT molecular complexity index is 999. The third-order valence-electron chi connectivity index (χ3n) is 4.53. The van der Waals surface area contributed by atoms with Crippen LogP contribution in [0.5, 0.6) is 0 Å². The molecule has 28 heavy (non-hydrogen) atoms. The average Bonchev–Trinajstić information content (AvgIpc) is 3.05. The Morgan fingerprint density at radius 2 is 1.93 bits per heavy atom. The number of halogens is 2. The van der Waals surface area contributed by atoms with Crippen LogP contribution >= 0.6 is 31.9 Å². The molecule has 2 aromatic carbocycles. The first-order valence-electron chi connectivity index (χ1n) is 8.38. The Kier molecular flexibility index (Phi) is 6.40. The van der Waals surface area contributed by atoms with Crippen LogP contribution in [-0.2, 0) is 16.6 Å². The maximum Gasteiger partial charge on any atom is 0.269 e. The Labute approximate surface area is 179 Å². The molecule has 150 valence electrons. The Morgan fingerprint density at radius 1 is 1.25 bits per heavy atom. The Balaban J connectivity index is 1.65. The second-order valence-corrected chi connectivity index (χ2v) is 10.0. The molecule has 1 heterocycles. The molecular weight excluding hydrogens is 516 g/mol. The van der Waals surface area contributed by atoms with Crippen LogP contribution in [0.2, 0.25) is 0 Å². The van der Waals surface area contributed by atoms with Crippen LogP contribution < -0.4 is 10.5 Å². The van der Waals surface area contributed by atoms with E-state index in [9.17, 15) is 18.5 Å². The van der Waals surface area contributed by atoms with E-state index in [4.69, 9.17) is 5.73 Å². The van der Waals surface area contributed by atoms with Crippen molar-refractivity contribution in [2.45, 2.75) is 23.9 Å². The largest absolute Gasteiger partial charge is 0.398 e. The molecular formula is C17H18Br2N4O4S. The topological polar surface area (TPSA) is 119 Å². The zero-order valence-corrected chi connectivity index (χ0v) is 18.6. The summed E-state index contributed by atoms with van der Waals surface area (Å²) in [6.07, 6.45) is 0.668. The van der Waals surface area contributed by atoms with Crippen LogP contribution in [0.15, 0.2) is 50.2 Å². The third-order valence-corrected chi connectivity index (χ3v) is 7.18. The van der Waals surface area contributed by atoms with E-state index in [0.717, 1.165) is 21.1 Å². The number of anilines is 1. The van der Waals surface area contributed by atoms with Gasteiger partial charge in [-0.05, 0) is 52.2 Å². The van der Waals surface area contributed by atoms with Gasteiger partial charge in [-0.1, -0.05) is 15.9 Å². The number of nitrogens with one attached hydrogen (secondary N) is 1. The standard InChI is InChI=1S/C17H18Br2N4O4S/c18-12-7-11(17(20)16(19)8-12)9-22-6-5-13(10-22)21-28(26,27)15-3-1-14(2-4-15)23(24)25/h1-4,7-8,13,21H,5-6,9-10,20H2/t13-/m1/s1. The fraction of sp³-hybridized carbons (Fsp3) is 0.294. The summed E-state index contributed by atoms with van der Waals surface area (Å²) in [7, 11) is -3.74. The van der Waals surface area contributed by atoms with Gasteiger partial charge >= 0.3 is 0 Å². The van der Waals surface area contributed by atoms with Gasteiger partial charge in [0.1, 0.15) is 0 Å². The van der Waals surface area contributed by atoms with Crippen LogP contribution in [0, 0.1) is 10.1 Å². The lowest BCUT2D eigenvalue weighted by molar-refractivity contribution is -0.384. The van der Waals surface area contributed by atoms with Gasteiger partial charge in [-0.25, -0.2) is 13.1 Å². The normalized spacial score (nSPS) is 17.7. The minimum absolute atomic E-state index is 0.0108. The number of rotatable bonds is 6. The number of sulfonamides is 1. The van der Waals surface area contributed by atoms with Gasteiger partial charge < -0.3 is 5.73 Å². The molecule has 2 aromatic rings. The zero-order chi connectivity index (χ0) is 20.5. The average molecular weight is 534 g/mol. The lowest BCUT2D eigenvalue weighted by atomic mass is 10.2. The molecule has 1 fully saturated rings. The van der Waals surface area contributed by atoms with Crippen LogP contribution in [0.1, 0.15) is 12.0 Å². The third kappa shape index (κ3) is 4.90. The number of nitrogens with zero attached hydrogens (tertiary/aromatic N) is 2. The van der Waals surface area contributed by atoms with Gasteiger partial charge in [-0.3, -0.25) is 15.0 Å². The van der Waals surface area contributed by atoms with Crippen LogP contribution in [0.25, 0.3) is 0 Å². The molecule has 1 atom stereocenters. The van der Waals surface area contributed by atoms with Gasteiger partial charge in [0.2, 0.25) is 10.0 Å². The fourth-order valence-corrected chi connectivity index (χ4v) is 5.69. The second-order valence-electron chi connectivity index (χ2n) is 6.55. The number of nitro benzene ring substituents is 1. The van der Waals surface area contributed by atoms with Gasteiger partial charge in [0.15, 0.2) is 0 Å². The first kappa shape index (κ1) is 21.2. The highest BCUT2D eigenvalue weighted by atomic mass is 79.9. The zero-order valence-electron chi connectivity index (χ0n) is 14.6. The summed E-state index contributed by atoms with van der Waals surface area (Å²) in [5, 5.41) is 10.7. The Hall–Kier alpha value is -1.53. The number of nitrogen functional groups attached to an aromatic ring is 1. The minimum Gasteiger partial charge on any atom is -0.398 e. The summed E-state index contributed by atoms with van der Waals surface area (Å²) >= 11 is 6.88. The monoisotopic (exact) mass is 532 g/mol. The molecule has 0 saturated carbocycles. The van der Waals surface area contributed by atoms with E-state index in [-0.39, 0.29) is 16.6 Å².